The van der Waals surface area contributed by atoms with Crippen molar-refractivity contribution < 1.29 is 49.4 Å². The van der Waals surface area contributed by atoms with Crippen LogP contribution in [0.1, 0.15) is 0 Å². The molecular formula is C18H14Cl2F6N2O5S. The van der Waals surface area contributed by atoms with Crippen LogP contribution in [0.15, 0.2) is 17.0 Å². The number of phenolic OH excluding ortho intramolecular Hbond substituents is 1. The Kier molecular flexibility index (Phi) is 8.77. The summed E-state index contributed by atoms with van der Waals surface area (Å²) in [6.45, 7) is -5.10. The Hall–Kier alpha value is -2.58. The van der Waals surface area contributed by atoms with Crippen LogP contribution >= 0.6 is 23.2 Å². The van der Waals surface area contributed by atoms with Gasteiger partial charge in [0.15, 0.2) is 32.1 Å². The Bertz CT molecular complexity index is 1220. The molecule has 0 unspecified atom stereocenters. The molecule has 0 bridgehead atoms. The van der Waals surface area contributed by atoms with E-state index in [1.54, 1.807) is 0 Å². The number of sulfone groups is 1. The van der Waals surface area contributed by atoms with Gasteiger partial charge in [0.1, 0.15) is 5.75 Å². The first-order valence-corrected chi connectivity index (χ1v) is 11.3. The van der Waals surface area contributed by atoms with Gasteiger partial charge in [-0.2, -0.15) is 13.2 Å². The number of anilines is 1. The number of hydrogen-bond acceptors (Lipinski definition) is 6. The molecule has 2 rings (SSSR count). The van der Waals surface area contributed by atoms with Crippen LogP contribution in [0.25, 0.3) is 0 Å². The Balaban J connectivity index is 2.18. The molecule has 0 aromatic heterocycles. The average molecular weight is 555 g/mol. The normalized spacial score (nSPS) is 11.6. The number of likely N-dealkylation sites (N-methyl/N-ethyl adjacent to an activating group) is 1. The largest absolute Gasteiger partial charge is 0.506 e. The van der Waals surface area contributed by atoms with Gasteiger partial charge in [-0.25, -0.2) is 21.6 Å². The molecule has 2 aromatic carbocycles. The molecule has 0 radical (unpaired) electrons. The topological polar surface area (TPSA) is 95.9 Å². The number of aromatic hydroxyl groups is 1. The number of benzene rings is 2. The molecule has 0 spiro atoms. The number of nitrogens with zero attached hydrogens (tertiary/aromatic N) is 1. The van der Waals surface area contributed by atoms with Crippen molar-refractivity contribution in [3.63, 3.8) is 0 Å². The number of nitrogens with one attached hydrogen (secondary N) is 1. The molecule has 0 fully saturated rings. The number of carbonyl (C=O) groups is 1. The van der Waals surface area contributed by atoms with Crippen molar-refractivity contribution in [1.82, 2.24) is 4.90 Å². The third-order valence-electron chi connectivity index (χ3n) is 4.29. The Morgan fingerprint density at radius 1 is 1.09 bits per heavy atom. The van der Waals surface area contributed by atoms with Gasteiger partial charge in [-0.15, -0.1) is 0 Å². The second-order valence-corrected chi connectivity index (χ2v) is 9.42. The first-order valence-electron chi connectivity index (χ1n) is 8.86. The van der Waals surface area contributed by atoms with Crippen LogP contribution in [0.3, 0.4) is 0 Å². The standard InChI is InChI=1S/C18H14Cl2F6N2O5S/c1-28(11(30)6-27-9-4-7(19)8(20)5-10(9)29)2-3-34(31,32)17-15(24)13(22)12(21)14(23)16(17)33-18(25)26/h4-5,18,27,29H,2-3,6H2,1H3. The minimum absolute atomic E-state index is 0.0110. The highest BCUT2D eigenvalue weighted by atomic mass is 35.5. The summed E-state index contributed by atoms with van der Waals surface area (Å²) in [6, 6.07) is 2.31. The Labute approximate surface area is 198 Å². The first-order chi connectivity index (χ1) is 15.7. The van der Waals surface area contributed by atoms with Gasteiger partial charge in [0, 0.05) is 19.7 Å². The van der Waals surface area contributed by atoms with Crippen LogP contribution in [0.4, 0.5) is 32.0 Å². The number of amides is 1. The Morgan fingerprint density at radius 2 is 1.65 bits per heavy atom. The molecule has 1 amide bonds. The van der Waals surface area contributed by atoms with Crippen molar-refractivity contribution in [3.05, 3.63) is 45.4 Å². The fourth-order valence-electron chi connectivity index (χ4n) is 2.53. The van der Waals surface area contributed by atoms with Crippen molar-refractivity contribution in [3.8, 4) is 11.5 Å². The molecule has 0 atom stereocenters. The molecule has 0 saturated carbocycles. The third-order valence-corrected chi connectivity index (χ3v) is 6.72. The van der Waals surface area contributed by atoms with Gasteiger partial charge in [0.25, 0.3) is 0 Å². The summed E-state index contributed by atoms with van der Waals surface area (Å²) in [6.07, 6.45) is 0. The van der Waals surface area contributed by atoms with E-state index < -0.39 is 75.1 Å². The molecule has 0 aliphatic carbocycles. The molecule has 7 nitrogen and oxygen atoms in total. The maximum atomic E-state index is 14.1. The third kappa shape index (κ3) is 6.10. The molecule has 2 aromatic rings. The molecule has 0 saturated heterocycles. The molecule has 16 heteroatoms. The zero-order valence-corrected chi connectivity index (χ0v) is 19.1. The van der Waals surface area contributed by atoms with E-state index in [0.29, 0.717) is 0 Å². The number of carbonyl (C=O) groups excluding carboxylic acids is 1. The fraction of sp³-hybridized carbons (Fsp3) is 0.278. The molecular weight excluding hydrogens is 541 g/mol. The number of hydrogen-bond donors (Lipinski definition) is 2. The van der Waals surface area contributed by atoms with E-state index in [0.717, 1.165) is 18.0 Å². The summed E-state index contributed by atoms with van der Waals surface area (Å²) in [5, 5.41) is 12.4. The molecule has 0 aliphatic heterocycles. The van der Waals surface area contributed by atoms with E-state index in [1.807, 2.05) is 0 Å². The van der Waals surface area contributed by atoms with Crippen molar-refractivity contribution >= 4 is 44.6 Å². The lowest BCUT2D eigenvalue weighted by molar-refractivity contribution is -0.127. The highest BCUT2D eigenvalue weighted by Crippen LogP contribution is 2.36. The maximum absolute atomic E-state index is 14.1. The molecule has 188 valence electrons. The zero-order chi connectivity index (χ0) is 26.0. The molecule has 34 heavy (non-hydrogen) atoms. The number of phenols is 1. The second-order valence-electron chi connectivity index (χ2n) is 6.56. The summed E-state index contributed by atoms with van der Waals surface area (Å²) in [5.41, 5.74) is 0.0110. The van der Waals surface area contributed by atoms with Crippen molar-refractivity contribution in [2.45, 2.75) is 11.5 Å². The first kappa shape index (κ1) is 27.7. The summed E-state index contributed by atoms with van der Waals surface area (Å²) in [4.78, 5) is 11.1. The van der Waals surface area contributed by atoms with Crippen LogP contribution in [0, 0.1) is 23.3 Å². The lowest BCUT2D eigenvalue weighted by atomic mass is 10.3. The molecule has 0 heterocycles. The number of halogens is 8. The zero-order valence-electron chi connectivity index (χ0n) is 16.8. The number of rotatable bonds is 9. The van der Waals surface area contributed by atoms with Crippen molar-refractivity contribution in [2.24, 2.45) is 0 Å². The molecule has 0 aliphatic rings. The second kappa shape index (κ2) is 10.8. The van der Waals surface area contributed by atoms with E-state index in [-0.39, 0.29) is 21.5 Å². The summed E-state index contributed by atoms with van der Waals surface area (Å²) in [5.74, 6) is -14.4. The SMILES string of the molecule is CN(CCS(=O)(=O)c1c(F)c(F)c(F)c(F)c1OC(F)F)C(=O)CNc1cc(Cl)c(Cl)cc1O. The summed E-state index contributed by atoms with van der Waals surface area (Å²) >= 11 is 11.5. The van der Waals surface area contributed by atoms with Gasteiger partial charge in [-0.1, -0.05) is 23.2 Å². The summed E-state index contributed by atoms with van der Waals surface area (Å²) in [7, 11) is -4.00. The van der Waals surface area contributed by atoms with Crippen LogP contribution in [0.5, 0.6) is 11.5 Å². The van der Waals surface area contributed by atoms with E-state index in [9.17, 15) is 44.7 Å². The quantitative estimate of drug-likeness (QED) is 0.158. The van der Waals surface area contributed by atoms with Gasteiger partial charge in [0.2, 0.25) is 17.5 Å². The minimum atomic E-state index is -5.11. The lowest BCUT2D eigenvalue weighted by Crippen LogP contribution is -2.36. The predicted octanol–water partition coefficient (Wildman–Crippen LogP) is 4.20. The monoisotopic (exact) mass is 554 g/mol. The van der Waals surface area contributed by atoms with E-state index in [4.69, 9.17) is 23.2 Å². The number of alkyl halides is 2. The van der Waals surface area contributed by atoms with Gasteiger partial charge >= 0.3 is 6.61 Å². The van der Waals surface area contributed by atoms with Crippen LogP contribution in [-0.2, 0) is 14.6 Å². The van der Waals surface area contributed by atoms with Crippen molar-refractivity contribution in [1.29, 1.82) is 0 Å². The van der Waals surface area contributed by atoms with Gasteiger partial charge in [-0.3, -0.25) is 4.79 Å². The predicted molar refractivity (Wildman–Crippen MR) is 109 cm³/mol. The average Bonchev–Trinajstić information content (AvgIpc) is 2.75. The highest BCUT2D eigenvalue weighted by molar-refractivity contribution is 7.91. The lowest BCUT2D eigenvalue weighted by Gasteiger charge is -2.19. The van der Waals surface area contributed by atoms with Crippen LogP contribution in [-0.4, -0.2) is 56.8 Å². The summed E-state index contributed by atoms with van der Waals surface area (Å²) < 4.78 is 108. The van der Waals surface area contributed by atoms with Gasteiger partial charge in [0.05, 0.1) is 28.0 Å². The Morgan fingerprint density at radius 3 is 2.24 bits per heavy atom. The van der Waals surface area contributed by atoms with Crippen LogP contribution in [0.2, 0.25) is 10.0 Å². The van der Waals surface area contributed by atoms with E-state index in [2.05, 4.69) is 10.1 Å². The van der Waals surface area contributed by atoms with E-state index >= 15 is 0 Å². The smallest absolute Gasteiger partial charge is 0.387 e. The van der Waals surface area contributed by atoms with Gasteiger partial charge in [-0.05, 0) is 6.07 Å². The number of ether oxygens (including phenoxy) is 1. The van der Waals surface area contributed by atoms with E-state index in [1.165, 1.54) is 6.07 Å². The van der Waals surface area contributed by atoms with Crippen LogP contribution < -0.4 is 10.1 Å². The van der Waals surface area contributed by atoms with Crippen molar-refractivity contribution in [2.75, 3.05) is 31.2 Å². The van der Waals surface area contributed by atoms with Gasteiger partial charge < -0.3 is 20.1 Å². The minimum Gasteiger partial charge on any atom is -0.506 e. The fourth-order valence-corrected chi connectivity index (χ4v) is 4.35. The molecule has 2 N–H and O–H groups in total. The highest BCUT2D eigenvalue weighted by Gasteiger charge is 2.35. The maximum Gasteiger partial charge on any atom is 0.387 e.